The molecule has 0 aliphatic heterocycles. The summed E-state index contributed by atoms with van der Waals surface area (Å²) in [6.07, 6.45) is 9.27. The van der Waals surface area contributed by atoms with Gasteiger partial charge in [0.2, 0.25) is 5.78 Å². The van der Waals surface area contributed by atoms with Gasteiger partial charge in [0.15, 0.2) is 5.76 Å². The number of fused-ring (bicyclic) bond motifs is 1. The van der Waals surface area contributed by atoms with Gasteiger partial charge in [-0.3, -0.25) is 14.9 Å². The summed E-state index contributed by atoms with van der Waals surface area (Å²) in [7, 11) is 0. The van der Waals surface area contributed by atoms with Crippen molar-refractivity contribution in [1.29, 1.82) is 0 Å². The molecule has 3 aromatic carbocycles. The van der Waals surface area contributed by atoms with E-state index in [-0.39, 0.29) is 17.2 Å². The summed E-state index contributed by atoms with van der Waals surface area (Å²) in [5.41, 5.74) is 4.64. The minimum Gasteiger partial charge on any atom is -0.453 e. The van der Waals surface area contributed by atoms with Crippen molar-refractivity contribution in [2.75, 3.05) is 0 Å². The molecule has 0 radical (unpaired) electrons. The van der Waals surface area contributed by atoms with Gasteiger partial charge in [-0.2, -0.15) is 0 Å². The molecule has 0 spiro atoms. The fraction of sp³-hybridized carbons (Fsp3) is 0.281. The number of rotatable bonds is 10. The molecule has 1 heterocycles. The maximum absolute atomic E-state index is 12.9. The molecule has 0 unspecified atom stereocenters. The molecule has 0 atom stereocenters. The Labute approximate surface area is 227 Å². The van der Waals surface area contributed by atoms with Gasteiger partial charge in [-0.15, -0.1) is 11.8 Å². The highest BCUT2D eigenvalue weighted by atomic mass is 32.2. The lowest BCUT2D eigenvalue weighted by atomic mass is 9.84. The van der Waals surface area contributed by atoms with Gasteiger partial charge >= 0.3 is 0 Å². The topological polar surface area (TPSA) is 73.3 Å². The number of allylic oxidation sites excluding steroid dienone is 1. The van der Waals surface area contributed by atoms with Crippen LogP contribution in [0, 0.1) is 16.0 Å². The number of thioether (sulfide) groups is 1. The third-order valence-electron chi connectivity index (χ3n) is 7.40. The Kier molecular flexibility index (Phi) is 8.08. The number of ketones is 1. The largest absolute Gasteiger partial charge is 0.453 e. The van der Waals surface area contributed by atoms with E-state index in [0.29, 0.717) is 16.5 Å². The molecule has 0 saturated heterocycles. The summed E-state index contributed by atoms with van der Waals surface area (Å²) in [6, 6.07) is 22.0. The fourth-order valence-corrected chi connectivity index (χ4v) is 5.96. The van der Waals surface area contributed by atoms with E-state index in [2.05, 4.69) is 30.8 Å². The van der Waals surface area contributed by atoms with Crippen molar-refractivity contribution in [1.82, 2.24) is 0 Å². The van der Waals surface area contributed by atoms with E-state index in [9.17, 15) is 14.9 Å². The van der Waals surface area contributed by atoms with Crippen molar-refractivity contribution in [2.45, 2.75) is 55.6 Å². The number of nitro benzene ring substituents is 1. The number of nitrogens with zero attached hydrogens (tertiary/aromatic N) is 1. The van der Waals surface area contributed by atoms with Crippen LogP contribution in [0.15, 0.2) is 88.7 Å². The smallest absolute Gasteiger partial charge is 0.270 e. The Morgan fingerprint density at radius 2 is 1.66 bits per heavy atom. The minimum absolute atomic E-state index is 0.0343. The van der Waals surface area contributed by atoms with Gasteiger partial charge in [0.25, 0.3) is 5.69 Å². The maximum Gasteiger partial charge on any atom is 0.270 e. The molecular formula is C32H31NO4S. The van der Waals surface area contributed by atoms with Crippen LogP contribution in [0.1, 0.15) is 72.2 Å². The van der Waals surface area contributed by atoms with E-state index < -0.39 is 4.92 Å². The number of nitro groups is 1. The van der Waals surface area contributed by atoms with E-state index >= 15 is 0 Å². The number of hydrogen-bond acceptors (Lipinski definition) is 5. The summed E-state index contributed by atoms with van der Waals surface area (Å²) in [6.45, 7) is 4.33. The summed E-state index contributed by atoms with van der Waals surface area (Å²) < 4.78 is 5.64. The van der Waals surface area contributed by atoms with E-state index in [1.165, 1.54) is 73.4 Å². The first-order valence-corrected chi connectivity index (χ1v) is 14.2. The number of furan rings is 1. The molecule has 6 heteroatoms. The summed E-state index contributed by atoms with van der Waals surface area (Å²) >= 11 is 1.72. The third-order valence-corrected chi connectivity index (χ3v) is 8.48. The molecule has 1 aliphatic carbocycles. The first kappa shape index (κ1) is 26.0. The Hall–Kier alpha value is -3.64. The van der Waals surface area contributed by atoms with Crippen LogP contribution in [0.25, 0.3) is 16.5 Å². The Morgan fingerprint density at radius 1 is 0.947 bits per heavy atom. The van der Waals surface area contributed by atoms with Crippen LogP contribution in [0.2, 0.25) is 0 Å². The first-order valence-electron chi connectivity index (χ1n) is 13.2. The van der Waals surface area contributed by atoms with Gasteiger partial charge in [-0.1, -0.05) is 62.9 Å². The lowest BCUT2D eigenvalue weighted by Crippen LogP contribution is -2.06. The highest BCUT2D eigenvalue weighted by molar-refractivity contribution is 7.98. The standard InChI is InChI=1S/C32H31NO4S/c1-22(7-8-23-5-3-2-4-6-23)25-11-9-24(10-12-25)21-38-29-16-13-26(14-17-29)32(34)31-20-27-19-28(33(35)36)15-18-30(27)37-31/h9-20,23H,1-8,21H2. The average molecular weight is 526 g/mol. The molecule has 5 rings (SSSR count). The van der Waals surface area contributed by atoms with Crippen LogP contribution in [0.5, 0.6) is 0 Å². The maximum atomic E-state index is 12.9. The number of hydrogen-bond donors (Lipinski definition) is 0. The molecule has 1 aliphatic rings. The van der Waals surface area contributed by atoms with Gasteiger partial charge in [0.05, 0.1) is 4.92 Å². The van der Waals surface area contributed by atoms with E-state index in [4.69, 9.17) is 4.42 Å². The lowest BCUT2D eigenvalue weighted by molar-refractivity contribution is -0.384. The zero-order chi connectivity index (χ0) is 26.5. The monoisotopic (exact) mass is 525 g/mol. The van der Waals surface area contributed by atoms with Crippen molar-refractivity contribution < 1.29 is 14.1 Å². The van der Waals surface area contributed by atoms with Crippen LogP contribution < -0.4 is 0 Å². The summed E-state index contributed by atoms with van der Waals surface area (Å²) in [4.78, 5) is 24.5. The Morgan fingerprint density at radius 3 is 2.37 bits per heavy atom. The van der Waals surface area contributed by atoms with Crippen LogP contribution in [-0.2, 0) is 5.75 Å². The van der Waals surface area contributed by atoms with Crippen LogP contribution in [-0.4, -0.2) is 10.7 Å². The molecule has 1 aromatic heterocycles. The number of carbonyl (C=O) groups excluding carboxylic acids is 1. The highest BCUT2D eigenvalue weighted by Crippen LogP contribution is 2.31. The van der Waals surface area contributed by atoms with E-state index in [1.807, 2.05) is 12.1 Å². The predicted octanol–water partition coefficient (Wildman–Crippen LogP) is 9.24. The molecular weight excluding hydrogens is 494 g/mol. The van der Waals surface area contributed by atoms with Crippen LogP contribution >= 0.6 is 11.8 Å². The zero-order valence-corrected chi connectivity index (χ0v) is 22.2. The number of benzene rings is 3. The predicted molar refractivity (Wildman–Crippen MR) is 154 cm³/mol. The summed E-state index contributed by atoms with van der Waals surface area (Å²) in [5, 5.41) is 11.5. The fourth-order valence-electron chi connectivity index (χ4n) is 5.10. The van der Waals surface area contributed by atoms with Crippen molar-refractivity contribution in [3.05, 3.63) is 112 Å². The average Bonchev–Trinajstić information content (AvgIpc) is 3.39. The SMILES string of the molecule is C=C(CCC1CCCCC1)c1ccc(CSc2ccc(C(=O)c3cc4cc([N+](=O)[O-])ccc4o3)cc2)cc1. The van der Waals surface area contributed by atoms with Gasteiger partial charge in [-0.05, 0) is 71.9 Å². The van der Waals surface area contributed by atoms with Crippen molar-refractivity contribution in [3.63, 3.8) is 0 Å². The molecule has 0 bridgehead atoms. The highest BCUT2D eigenvalue weighted by Gasteiger charge is 2.17. The second-order valence-electron chi connectivity index (χ2n) is 10.1. The second kappa shape index (κ2) is 11.8. The molecule has 194 valence electrons. The van der Waals surface area contributed by atoms with Gasteiger partial charge in [-0.25, -0.2) is 0 Å². The molecule has 1 fully saturated rings. The Balaban J connectivity index is 1.14. The van der Waals surface area contributed by atoms with Crippen molar-refractivity contribution in [3.8, 4) is 0 Å². The molecule has 4 aromatic rings. The lowest BCUT2D eigenvalue weighted by Gasteiger charge is -2.21. The number of carbonyl (C=O) groups is 1. The van der Waals surface area contributed by atoms with Crippen molar-refractivity contribution >= 4 is 39.8 Å². The van der Waals surface area contributed by atoms with Crippen LogP contribution in [0.4, 0.5) is 5.69 Å². The van der Waals surface area contributed by atoms with E-state index in [1.54, 1.807) is 30.0 Å². The quantitative estimate of drug-likeness (QED) is 0.0893. The molecule has 38 heavy (non-hydrogen) atoms. The van der Waals surface area contributed by atoms with E-state index in [0.717, 1.165) is 23.0 Å². The minimum atomic E-state index is -0.464. The molecule has 0 amide bonds. The normalized spacial score (nSPS) is 14.0. The van der Waals surface area contributed by atoms with Gasteiger partial charge in [0, 0.05) is 33.7 Å². The van der Waals surface area contributed by atoms with Crippen molar-refractivity contribution in [2.24, 2.45) is 5.92 Å². The van der Waals surface area contributed by atoms with Crippen LogP contribution in [0.3, 0.4) is 0 Å². The van der Waals surface area contributed by atoms with Gasteiger partial charge < -0.3 is 4.42 Å². The summed E-state index contributed by atoms with van der Waals surface area (Å²) in [5.74, 6) is 1.63. The number of non-ortho nitro benzene ring substituents is 1. The first-order chi connectivity index (χ1) is 18.5. The third kappa shape index (κ3) is 6.25. The molecule has 0 N–H and O–H groups in total. The molecule has 5 nitrogen and oxygen atoms in total. The van der Waals surface area contributed by atoms with Gasteiger partial charge in [0.1, 0.15) is 5.58 Å². The Bertz CT molecular complexity index is 1450. The zero-order valence-electron chi connectivity index (χ0n) is 21.4. The molecule has 1 saturated carbocycles. The second-order valence-corrected chi connectivity index (χ2v) is 11.1.